The Hall–Kier alpha value is -2.75. The number of phenolic OH excluding ortho intramolecular Hbond substituents is 1. The third-order valence-electron chi connectivity index (χ3n) is 3.82. The van der Waals surface area contributed by atoms with Gasteiger partial charge in [-0.1, -0.05) is 48.8 Å². The van der Waals surface area contributed by atoms with Crippen LogP contribution in [-0.2, 0) is 6.42 Å². The zero-order valence-electron chi connectivity index (χ0n) is 13.2. The summed E-state index contributed by atoms with van der Waals surface area (Å²) in [5.41, 5.74) is 3.52. The Kier molecular flexibility index (Phi) is 4.33. The molecule has 0 aliphatic rings. The minimum atomic E-state index is 0.121. The Balaban J connectivity index is 2.13. The van der Waals surface area contributed by atoms with E-state index in [1.54, 1.807) is 19.4 Å². The molecule has 0 saturated heterocycles. The molecule has 0 amide bonds. The molecule has 3 aromatic rings. The van der Waals surface area contributed by atoms with Gasteiger partial charge in [0.15, 0.2) is 5.76 Å². The SMILES string of the molecule is CCCc1cc(-c2oncc2-c2ccccc2)c(O)cc1OC. The molecule has 0 radical (unpaired) electrons. The van der Waals surface area contributed by atoms with Crippen LogP contribution in [0.2, 0.25) is 0 Å². The van der Waals surface area contributed by atoms with Crippen LogP contribution in [0.15, 0.2) is 53.2 Å². The number of ether oxygens (including phenoxy) is 1. The number of nitrogens with zero attached hydrogens (tertiary/aromatic N) is 1. The first-order valence-corrected chi connectivity index (χ1v) is 7.65. The quantitative estimate of drug-likeness (QED) is 0.743. The monoisotopic (exact) mass is 309 g/mol. The first-order chi connectivity index (χ1) is 11.2. The molecular formula is C19H19NO3. The summed E-state index contributed by atoms with van der Waals surface area (Å²) in [6, 6.07) is 13.4. The fraction of sp³-hybridized carbons (Fsp3) is 0.211. The van der Waals surface area contributed by atoms with Gasteiger partial charge in [-0.2, -0.15) is 0 Å². The van der Waals surface area contributed by atoms with E-state index in [9.17, 15) is 5.11 Å². The van der Waals surface area contributed by atoms with Crippen molar-refractivity contribution in [3.63, 3.8) is 0 Å². The predicted molar refractivity (Wildman–Crippen MR) is 89.6 cm³/mol. The van der Waals surface area contributed by atoms with E-state index in [4.69, 9.17) is 9.26 Å². The van der Waals surface area contributed by atoms with E-state index >= 15 is 0 Å². The highest BCUT2D eigenvalue weighted by Gasteiger charge is 2.18. The fourth-order valence-electron chi connectivity index (χ4n) is 2.71. The van der Waals surface area contributed by atoms with Crippen molar-refractivity contribution in [2.75, 3.05) is 7.11 Å². The summed E-state index contributed by atoms with van der Waals surface area (Å²) in [5, 5.41) is 14.3. The van der Waals surface area contributed by atoms with Crippen molar-refractivity contribution in [3.8, 4) is 33.9 Å². The van der Waals surface area contributed by atoms with Crippen molar-refractivity contribution in [2.45, 2.75) is 19.8 Å². The fourth-order valence-corrected chi connectivity index (χ4v) is 2.71. The molecule has 0 aliphatic carbocycles. The Morgan fingerprint density at radius 1 is 1.13 bits per heavy atom. The Labute approximate surface area is 135 Å². The normalized spacial score (nSPS) is 10.7. The van der Waals surface area contributed by atoms with Crippen LogP contribution in [0.5, 0.6) is 11.5 Å². The number of hydrogen-bond acceptors (Lipinski definition) is 4. The lowest BCUT2D eigenvalue weighted by atomic mass is 9.98. The maximum absolute atomic E-state index is 10.4. The van der Waals surface area contributed by atoms with E-state index in [1.807, 2.05) is 36.4 Å². The molecule has 23 heavy (non-hydrogen) atoms. The lowest BCUT2D eigenvalue weighted by Gasteiger charge is -2.11. The largest absolute Gasteiger partial charge is 0.507 e. The predicted octanol–water partition coefficient (Wildman–Crippen LogP) is 4.68. The van der Waals surface area contributed by atoms with Crippen molar-refractivity contribution < 1.29 is 14.4 Å². The summed E-state index contributed by atoms with van der Waals surface area (Å²) < 4.78 is 10.8. The maximum atomic E-state index is 10.4. The number of benzene rings is 2. The molecule has 4 heteroatoms. The zero-order valence-corrected chi connectivity index (χ0v) is 13.2. The van der Waals surface area contributed by atoms with Crippen LogP contribution in [-0.4, -0.2) is 17.4 Å². The Morgan fingerprint density at radius 3 is 2.61 bits per heavy atom. The van der Waals surface area contributed by atoms with Gasteiger partial charge in [0.2, 0.25) is 0 Å². The van der Waals surface area contributed by atoms with Crippen LogP contribution in [0, 0.1) is 0 Å². The van der Waals surface area contributed by atoms with Crippen molar-refractivity contribution in [1.29, 1.82) is 0 Å². The van der Waals surface area contributed by atoms with E-state index in [2.05, 4.69) is 12.1 Å². The van der Waals surface area contributed by atoms with Gasteiger partial charge in [-0.25, -0.2) is 0 Å². The lowest BCUT2D eigenvalue weighted by molar-refractivity contribution is 0.400. The number of phenols is 1. The molecule has 0 saturated carbocycles. The molecule has 1 aromatic heterocycles. The molecule has 0 spiro atoms. The molecule has 0 bridgehead atoms. The molecule has 0 fully saturated rings. The Morgan fingerprint density at radius 2 is 1.91 bits per heavy atom. The highest BCUT2D eigenvalue weighted by Crippen LogP contribution is 2.40. The number of aromatic nitrogens is 1. The minimum Gasteiger partial charge on any atom is -0.507 e. The highest BCUT2D eigenvalue weighted by atomic mass is 16.5. The number of aromatic hydroxyl groups is 1. The molecule has 1 heterocycles. The molecule has 3 rings (SSSR count). The number of aryl methyl sites for hydroxylation is 1. The van der Waals surface area contributed by atoms with Crippen LogP contribution in [0.3, 0.4) is 0 Å². The van der Waals surface area contributed by atoms with Crippen molar-refractivity contribution in [3.05, 3.63) is 54.2 Å². The molecule has 1 N–H and O–H groups in total. The van der Waals surface area contributed by atoms with Gasteiger partial charge in [0, 0.05) is 11.6 Å². The first-order valence-electron chi connectivity index (χ1n) is 7.65. The van der Waals surface area contributed by atoms with E-state index in [-0.39, 0.29) is 5.75 Å². The Bertz CT molecular complexity index is 794. The van der Waals surface area contributed by atoms with Gasteiger partial charge in [-0.05, 0) is 23.6 Å². The number of methoxy groups -OCH3 is 1. The van der Waals surface area contributed by atoms with E-state index in [1.165, 1.54) is 0 Å². The third-order valence-corrected chi connectivity index (χ3v) is 3.82. The van der Waals surface area contributed by atoms with Gasteiger partial charge in [-0.3, -0.25) is 0 Å². The van der Waals surface area contributed by atoms with E-state index in [0.29, 0.717) is 17.1 Å². The molecule has 2 aromatic carbocycles. The van der Waals surface area contributed by atoms with Crippen molar-refractivity contribution >= 4 is 0 Å². The maximum Gasteiger partial charge on any atom is 0.178 e. The molecule has 0 atom stereocenters. The summed E-state index contributed by atoms with van der Waals surface area (Å²) in [4.78, 5) is 0. The molecular weight excluding hydrogens is 290 g/mol. The second-order valence-corrected chi connectivity index (χ2v) is 5.37. The number of rotatable bonds is 5. The van der Waals surface area contributed by atoms with E-state index < -0.39 is 0 Å². The third kappa shape index (κ3) is 2.93. The van der Waals surface area contributed by atoms with Crippen molar-refractivity contribution in [2.24, 2.45) is 0 Å². The smallest absolute Gasteiger partial charge is 0.178 e. The van der Waals surface area contributed by atoms with Crippen LogP contribution < -0.4 is 4.74 Å². The van der Waals surface area contributed by atoms with Gasteiger partial charge < -0.3 is 14.4 Å². The van der Waals surface area contributed by atoms with E-state index in [0.717, 1.165) is 29.5 Å². The van der Waals surface area contributed by atoms with Gasteiger partial charge in [0.25, 0.3) is 0 Å². The number of hydrogen-bond donors (Lipinski definition) is 1. The molecule has 0 aliphatic heterocycles. The summed E-state index contributed by atoms with van der Waals surface area (Å²) in [6.07, 6.45) is 3.53. The zero-order chi connectivity index (χ0) is 16.2. The van der Waals surface area contributed by atoms with Gasteiger partial charge in [0.05, 0.1) is 18.9 Å². The minimum absolute atomic E-state index is 0.121. The summed E-state index contributed by atoms with van der Waals surface area (Å²) in [5.74, 6) is 1.37. The molecule has 118 valence electrons. The van der Waals surface area contributed by atoms with Gasteiger partial charge in [0.1, 0.15) is 11.5 Å². The summed E-state index contributed by atoms with van der Waals surface area (Å²) in [6.45, 7) is 2.11. The highest BCUT2D eigenvalue weighted by molar-refractivity contribution is 5.82. The van der Waals surface area contributed by atoms with Crippen LogP contribution in [0.1, 0.15) is 18.9 Å². The topological polar surface area (TPSA) is 55.5 Å². The molecule has 4 nitrogen and oxygen atoms in total. The van der Waals surface area contributed by atoms with Crippen LogP contribution >= 0.6 is 0 Å². The van der Waals surface area contributed by atoms with Gasteiger partial charge in [-0.15, -0.1) is 0 Å². The van der Waals surface area contributed by atoms with Crippen molar-refractivity contribution in [1.82, 2.24) is 5.16 Å². The summed E-state index contributed by atoms with van der Waals surface area (Å²) in [7, 11) is 1.61. The van der Waals surface area contributed by atoms with Crippen LogP contribution in [0.25, 0.3) is 22.5 Å². The summed E-state index contributed by atoms with van der Waals surface area (Å²) >= 11 is 0. The first kappa shape index (κ1) is 15.2. The second kappa shape index (κ2) is 6.57. The molecule has 0 unspecified atom stereocenters. The van der Waals surface area contributed by atoms with Crippen LogP contribution in [0.4, 0.5) is 0 Å². The average Bonchev–Trinajstić information content (AvgIpc) is 3.06. The second-order valence-electron chi connectivity index (χ2n) is 5.37. The lowest BCUT2D eigenvalue weighted by Crippen LogP contribution is -1.93. The standard InChI is InChI=1S/C19H19NO3/c1-3-7-14-10-15(17(21)11-18(14)22-2)19-16(12-20-23-19)13-8-5-4-6-9-13/h4-6,8-12,21H,3,7H2,1-2H3. The average molecular weight is 309 g/mol. The van der Waals surface area contributed by atoms with Gasteiger partial charge >= 0.3 is 0 Å².